The van der Waals surface area contributed by atoms with Crippen LogP contribution in [0.3, 0.4) is 0 Å². The largest absolute Gasteiger partial charge is 0.371 e. The van der Waals surface area contributed by atoms with Gasteiger partial charge in [0.1, 0.15) is 5.54 Å². The van der Waals surface area contributed by atoms with Crippen LogP contribution in [-0.4, -0.2) is 18.6 Å². The summed E-state index contributed by atoms with van der Waals surface area (Å²) in [5.74, 6) is 0. The van der Waals surface area contributed by atoms with E-state index >= 15 is 0 Å². The monoisotopic (exact) mass is 229 g/mol. The number of nitrogens with two attached hydrogens (primary N) is 1. The van der Waals surface area contributed by atoms with Crippen LogP contribution in [0.25, 0.3) is 0 Å². The molecule has 0 unspecified atom stereocenters. The highest BCUT2D eigenvalue weighted by atomic mass is 15.1. The van der Waals surface area contributed by atoms with E-state index in [0.29, 0.717) is 0 Å². The van der Waals surface area contributed by atoms with Gasteiger partial charge in [-0.05, 0) is 49.9 Å². The van der Waals surface area contributed by atoms with E-state index in [1.54, 1.807) is 0 Å². The molecule has 0 radical (unpaired) electrons. The summed E-state index contributed by atoms with van der Waals surface area (Å²) in [7, 11) is 0. The van der Waals surface area contributed by atoms with E-state index in [-0.39, 0.29) is 0 Å². The molecule has 17 heavy (non-hydrogen) atoms. The molecule has 1 aliphatic heterocycles. The zero-order chi connectivity index (χ0) is 12.5. The number of nitrogens with zero attached hydrogens (tertiary/aromatic N) is 2. The van der Waals surface area contributed by atoms with Gasteiger partial charge in [-0.1, -0.05) is 6.07 Å². The van der Waals surface area contributed by atoms with Gasteiger partial charge in [0, 0.05) is 18.8 Å². The fraction of sp³-hybridized carbons (Fsp3) is 0.500. The second-order valence-corrected chi connectivity index (χ2v) is 5.02. The third-order valence-electron chi connectivity index (χ3n) is 3.73. The minimum atomic E-state index is -0.615. The Hall–Kier alpha value is -1.53. The molecule has 1 heterocycles. The van der Waals surface area contributed by atoms with Gasteiger partial charge in [0.15, 0.2) is 0 Å². The summed E-state index contributed by atoms with van der Waals surface area (Å²) >= 11 is 0. The van der Waals surface area contributed by atoms with Crippen molar-refractivity contribution in [2.45, 2.75) is 32.2 Å². The van der Waals surface area contributed by atoms with Gasteiger partial charge < -0.3 is 10.6 Å². The summed E-state index contributed by atoms with van der Waals surface area (Å²) in [6, 6.07) is 8.74. The lowest BCUT2D eigenvalue weighted by Crippen LogP contribution is -2.49. The van der Waals surface area contributed by atoms with Crippen molar-refractivity contribution in [3.63, 3.8) is 0 Å². The van der Waals surface area contributed by atoms with E-state index in [1.807, 2.05) is 0 Å². The summed E-state index contributed by atoms with van der Waals surface area (Å²) in [5.41, 5.74) is 9.22. The number of aryl methyl sites for hydroxylation is 2. The van der Waals surface area contributed by atoms with E-state index in [9.17, 15) is 0 Å². The van der Waals surface area contributed by atoms with Crippen molar-refractivity contribution in [3.8, 4) is 6.07 Å². The summed E-state index contributed by atoms with van der Waals surface area (Å²) in [4.78, 5) is 2.31. The van der Waals surface area contributed by atoms with Crippen LogP contribution in [0.2, 0.25) is 0 Å². The Kier molecular flexibility index (Phi) is 3.08. The first-order chi connectivity index (χ1) is 8.04. The highest BCUT2D eigenvalue weighted by Gasteiger charge is 2.30. The summed E-state index contributed by atoms with van der Waals surface area (Å²) in [6.07, 6.45) is 1.49. The quantitative estimate of drug-likeness (QED) is 0.802. The molecule has 0 aliphatic carbocycles. The molecule has 3 heteroatoms. The number of piperidine rings is 1. The second kappa shape index (κ2) is 4.38. The molecule has 2 rings (SSSR count). The zero-order valence-electron chi connectivity index (χ0n) is 10.5. The normalized spacial score (nSPS) is 18.8. The smallest absolute Gasteiger partial charge is 0.107 e. The van der Waals surface area contributed by atoms with Crippen LogP contribution in [-0.2, 0) is 0 Å². The highest BCUT2D eigenvalue weighted by Crippen LogP contribution is 2.25. The molecule has 0 spiro atoms. The first kappa shape index (κ1) is 11.9. The lowest BCUT2D eigenvalue weighted by Gasteiger charge is -2.36. The van der Waals surface area contributed by atoms with Gasteiger partial charge >= 0.3 is 0 Å². The van der Waals surface area contributed by atoms with Gasteiger partial charge in [-0.25, -0.2) is 0 Å². The predicted octanol–water partition coefficient (Wildman–Crippen LogP) is 2.12. The number of anilines is 1. The van der Waals surface area contributed by atoms with Crippen LogP contribution in [0.1, 0.15) is 24.0 Å². The van der Waals surface area contributed by atoms with Crippen molar-refractivity contribution >= 4 is 5.69 Å². The minimum absolute atomic E-state index is 0.615. The first-order valence-corrected chi connectivity index (χ1v) is 6.06. The number of hydrogen-bond acceptors (Lipinski definition) is 3. The van der Waals surface area contributed by atoms with Gasteiger partial charge in [-0.3, -0.25) is 0 Å². The van der Waals surface area contributed by atoms with Crippen LogP contribution in [0.4, 0.5) is 5.69 Å². The molecule has 1 fully saturated rings. The van der Waals surface area contributed by atoms with Crippen molar-refractivity contribution in [2.24, 2.45) is 5.73 Å². The zero-order valence-corrected chi connectivity index (χ0v) is 10.5. The maximum Gasteiger partial charge on any atom is 0.107 e. The van der Waals surface area contributed by atoms with E-state index in [1.165, 1.54) is 16.8 Å². The Morgan fingerprint density at radius 1 is 1.24 bits per heavy atom. The molecule has 1 saturated heterocycles. The fourth-order valence-corrected chi connectivity index (χ4v) is 2.20. The Bertz CT molecular complexity index is 451. The molecule has 2 N–H and O–H groups in total. The summed E-state index contributed by atoms with van der Waals surface area (Å²) in [5, 5.41) is 8.99. The maximum atomic E-state index is 8.99. The van der Waals surface area contributed by atoms with E-state index in [2.05, 4.69) is 43.0 Å². The lowest BCUT2D eigenvalue weighted by molar-refractivity contribution is 0.415. The number of nitriles is 1. The minimum Gasteiger partial charge on any atom is -0.371 e. The van der Waals surface area contributed by atoms with Crippen molar-refractivity contribution in [1.29, 1.82) is 5.26 Å². The molecule has 90 valence electrons. The topological polar surface area (TPSA) is 53.0 Å². The average molecular weight is 229 g/mol. The first-order valence-electron chi connectivity index (χ1n) is 6.06. The van der Waals surface area contributed by atoms with E-state index < -0.39 is 5.54 Å². The average Bonchev–Trinajstić information content (AvgIpc) is 2.34. The maximum absolute atomic E-state index is 8.99. The molecule has 1 aromatic rings. The van der Waals surface area contributed by atoms with Gasteiger partial charge in [-0.2, -0.15) is 5.26 Å². The van der Waals surface area contributed by atoms with Crippen molar-refractivity contribution in [3.05, 3.63) is 29.3 Å². The molecule has 3 nitrogen and oxygen atoms in total. The van der Waals surface area contributed by atoms with Crippen molar-refractivity contribution in [1.82, 2.24) is 0 Å². The van der Waals surface area contributed by atoms with Gasteiger partial charge in [0.2, 0.25) is 0 Å². The van der Waals surface area contributed by atoms with E-state index in [0.717, 1.165) is 25.9 Å². The molecular formula is C14H19N3. The SMILES string of the molecule is Cc1ccc(N2CCC(N)(C#N)CC2)cc1C. The second-order valence-electron chi connectivity index (χ2n) is 5.02. The van der Waals surface area contributed by atoms with Crippen LogP contribution in [0.5, 0.6) is 0 Å². The van der Waals surface area contributed by atoms with Gasteiger partial charge in [-0.15, -0.1) is 0 Å². The predicted molar refractivity (Wildman–Crippen MR) is 69.9 cm³/mol. The summed E-state index contributed by atoms with van der Waals surface area (Å²) in [6.45, 7) is 5.99. The van der Waals surface area contributed by atoms with E-state index in [4.69, 9.17) is 11.0 Å². The van der Waals surface area contributed by atoms with Gasteiger partial charge in [0.25, 0.3) is 0 Å². The molecule has 1 aliphatic rings. The molecular weight excluding hydrogens is 210 g/mol. The Labute approximate surface area is 103 Å². The van der Waals surface area contributed by atoms with Crippen LogP contribution in [0.15, 0.2) is 18.2 Å². The standard InChI is InChI=1S/C14H19N3/c1-11-3-4-13(9-12(11)2)17-7-5-14(16,10-15)6-8-17/h3-4,9H,5-8,16H2,1-2H3. The van der Waals surface area contributed by atoms with Crippen LogP contribution in [0, 0.1) is 25.2 Å². The summed E-state index contributed by atoms with van der Waals surface area (Å²) < 4.78 is 0. The number of rotatable bonds is 1. The molecule has 1 aromatic carbocycles. The fourth-order valence-electron chi connectivity index (χ4n) is 2.20. The lowest BCUT2D eigenvalue weighted by atomic mass is 9.90. The van der Waals surface area contributed by atoms with Crippen molar-refractivity contribution in [2.75, 3.05) is 18.0 Å². The van der Waals surface area contributed by atoms with Crippen molar-refractivity contribution < 1.29 is 0 Å². The number of hydrogen-bond donors (Lipinski definition) is 1. The molecule has 0 atom stereocenters. The third-order valence-corrected chi connectivity index (χ3v) is 3.73. The molecule has 0 amide bonds. The van der Waals surface area contributed by atoms with Crippen LogP contribution < -0.4 is 10.6 Å². The molecule has 0 saturated carbocycles. The highest BCUT2D eigenvalue weighted by molar-refractivity contribution is 5.51. The third kappa shape index (κ3) is 2.42. The number of benzene rings is 1. The Morgan fingerprint density at radius 2 is 1.88 bits per heavy atom. The Morgan fingerprint density at radius 3 is 2.41 bits per heavy atom. The molecule has 0 bridgehead atoms. The van der Waals surface area contributed by atoms with Crippen LogP contribution >= 0.6 is 0 Å². The Balaban J connectivity index is 2.11. The van der Waals surface area contributed by atoms with Gasteiger partial charge in [0.05, 0.1) is 6.07 Å². The molecule has 0 aromatic heterocycles.